The van der Waals surface area contributed by atoms with Gasteiger partial charge in [-0.25, -0.2) is 4.68 Å². The summed E-state index contributed by atoms with van der Waals surface area (Å²) in [5.74, 6) is 0.117. The Hall–Kier alpha value is -1.43. The highest BCUT2D eigenvalue weighted by Crippen LogP contribution is 2.22. The number of aromatic nitrogens is 3. The number of likely N-dealkylation sites (tertiary alicyclic amines) is 1. The van der Waals surface area contributed by atoms with Gasteiger partial charge in [0.15, 0.2) is 0 Å². The Bertz CT molecular complexity index is 448. The maximum absolute atomic E-state index is 12.4. The normalized spacial score (nSPS) is 24.7. The Labute approximate surface area is 120 Å². The van der Waals surface area contributed by atoms with Gasteiger partial charge in [-0.05, 0) is 39.5 Å². The Morgan fingerprint density at radius 3 is 2.70 bits per heavy atom. The van der Waals surface area contributed by atoms with Crippen molar-refractivity contribution in [2.24, 2.45) is 5.73 Å². The van der Waals surface area contributed by atoms with E-state index in [2.05, 4.69) is 24.2 Å². The molecular formula is C14H25N5O. The first-order valence-electron chi connectivity index (χ1n) is 7.49. The topological polar surface area (TPSA) is 77.0 Å². The molecule has 0 aromatic carbocycles. The molecule has 1 amide bonds. The second-order valence-corrected chi connectivity index (χ2v) is 5.79. The molecule has 6 heteroatoms. The molecule has 1 aromatic rings. The van der Waals surface area contributed by atoms with Crippen LogP contribution in [0.1, 0.15) is 58.2 Å². The summed E-state index contributed by atoms with van der Waals surface area (Å²) in [5, 5.41) is 8.05. The van der Waals surface area contributed by atoms with Crippen LogP contribution in [0.5, 0.6) is 0 Å². The SMILES string of the molecule is CCC(N)c1cn(CC(=O)N2C(C)CCCC2C)nn1. The lowest BCUT2D eigenvalue weighted by molar-refractivity contribution is -0.138. The summed E-state index contributed by atoms with van der Waals surface area (Å²) in [6.07, 6.45) is 5.96. The molecule has 112 valence electrons. The third kappa shape index (κ3) is 3.17. The van der Waals surface area contributed by atoms with Crippen molar-refractivity contribution >= 4 is 5.91 Å². The summed E-state index contributed by atoms with van der Waals surface area (Å²) in [4.78, 5) is 14.4. The summed E-state index contributed by atoms with van der Waals surface area (Å²) in [5.41, 5.74) is 6.66. The van der Waals surface area contributed by atoms with Gasteiger partial charge in [-0.2, -0.15) is 0 Å². The molecule has 2 rings (SSSR count). The molecule has 2 N–H and O–H groups in total. The van der Waals surface area contributed by atoms with Gasteiger partial charge in [0, 0.05) is 12.1 Å². The average Bonchev–Trinajstić information content (AvgIpc) is 2.86. The molecule has 3 unspecified atom stereocenters. The Balaban J connectivity index is 2.01. The number of hydrogen-bond donors (Lipinski definition) is 1. The van der Waals surface area contributed by atoms with Gasteiger partial charge in [0.1, 0.15) is 6.54 Å². The first-order valence-corrected chi connectivity index (χ1v) is 7.49. The summed E-state index contributed by atoms with van der Waals surface area (Å²) < 4.78 is 1.60. The van der Waals surface area contributed by atoms with Crippen molar-refractivity contribution in [1.29, 1.82) is 0 Å². The summed E-state index contributed by atoms with van der Waals surface area (Å²) >= 11 is 0. The van der Waals surface area contributed by atoms with Crippen molar-refractivity contribution in [1.82, 2.24) is 19.9 Å². The minimum Gasteiger partial charge on any atom is -0.336 e. The number of rotatable bonds is 4. The molecule has 0 radical (unpaired) electrons. The fourth-order valence-corrected chi connectivity index (χ4v) is 2.90. The van der Waals surface area contributed by atoms with Crippen molar-refractivity contribution < 1.29 is 4.79 Å². The predicted octanol–water partition coefficient (Wildman–Crippen LogP) is 1.48. The van der Waals surface area contributed by atoms with Crippen LogP contribution in [0.2, 0.25) is 0 Å². The molecule has 0 spiro atoms. The van der Waals surface area contributed by atoms with Gasteiger partial charge in [0.05, 0.1) is 17.9 Å². The van der Waals surface area contributed by atoms with E-state index in [1.807, 2.05) is 11.8 Å². The van der Waals surface area contributed by atoms with Crippen LogP contribution >= 0.6 is 0 Å². The minimum atomic E-state index is -0.105. The summed E-state index contributed by atoms with van der Waals surface area (Å²) in [7, 11) is 0. The maximum atomic E-state index is 12.4. The number of nitrogens with two attached hydrogens (primary N) is 1. The van der Waals surface area contributed by atoms with Crippen molar-refractivity contribution in [2.45, 2.75) is 71.1 Å². The van der Waals surface area contributed by atoms with Crippen LogP contribution in [-0.2, 0) is 11.3 Å². The van der Waals surface area contributed by atoms with E-state index in [1.54, 1.807) is 10.9 Å². The minimum absolute atomic E-state index is 0.105. The molecule has 0 saturated carbocycles. The molecule has 1 saturated heterocycles. The van der Waals surface area contributed by atoms with Crippen molar-refractivity contribution in [3.05, 3.63) is 11.9 Å². The lowest BCUT2D eigenvalue weighted by atomic mass is 9.97. The predicted molar refractivity (Wildman–Crippen MR) is 76.9 cm³/mol. The third-order valence-corrected chi connectivity index (χ3v) is 4.15. The molecule has 3 atom stereocenters. The Morgan fingerprint density at radius 1 is 1.45 bits per heavy atom. The van der Waals surface area contributed by atoms with E-state index in [0.717, 1.165) is 25.0 Å². The van der Waals surface area contributed by atoms with E-state index in [4.69, 9.17) is 5.73 Å². The standard InChI is InChI=1S/C14H25N5O/c1-4-12(15)13-8-18(17-16-13)9-14(20)19-10(2)6-5-7-11(19)3/h8,10-12H,4-7,9,15H2,1-3H3. The van der Waals surface area contributed by atoms with Crippen molar-refractivity contribution in [2.75, 3.05) is 0 Å². The van der Waals surface area contributed by atoms with Crippen LogP contribution in [0.4, 0.5) is 0 Å². The highest BCUT2D eigenvalue weighted by molar-refractivity contribution is 5.76. The highest BCUT2D eigenvalue weighted by atomic mass is 16.2. The number of carbonyl (C=O) groups is 1. The molecule has 0 bridgehead atoms. The van der Waals surface area contributed by atoms with Crippen LogP contribution < -0.4 is 5.73 Å². The lowest BCUT2D eigenvalue weighted by Gasteiger charge is -2.39. The molecule has 1 aliphatic heterocycles. The fourth-order valence-electron chi connectivity index (χ4n) is 2.90. The second-order valence-electron chi connectivity index (χ2n) is 5.79. The van der Waals surface area contributed by atoms with Gasteiger partial charge in [0.25, 0.3) is 0 Å². The van der Waals surface area contributed by atoms with E-state index in [9.17, 15) is 4.79 Å². The molecular weight excluding hydrogens is 254 g/mol. The summed E-state index contributed by atoms with van der Waals surface area (Å²) in [6.45, 7) is 6.49. The van der Waals surface area contributed by atoms with Crippen LogP contribution in [-0.4, -0.2) is 37.9 Å². The van der Waals surface area contributed by atoms with Gasteiger partial charge in [0.2, 0.25) is 5.91 Å². The monoisotopic (exact) mass is 279 g/mol. The second kappa shape index (κ2) is 6.35. The van der Waals surface area contributed by atoms with Crippen LogP contribution in [0.25, 0.3) is 0 Å². The first kappa shape index (κ1) is 15.0. The molecule has 0 aliphatic carbocycles. The van der Waals surface area contributed by atoms with E-state index in [0.29, 0.717) is 12.1 Å². The molecule has 2 heterocycles. The lowest BCUT2D eigenvalue weighted by Crippen LogP contribution is -2.48. The van der Waals surface area contributed by atoms with Gasteiger partial charge in [-0.1, -0.05) is 12.1 Å². The maximum Gasteiger partial charge on any atom is 0.244 e. The van der Waals surface area contributed by atoms with Gasteiger partial charge in [-0.15, -0.1) is 5.10 Å². The van der Waals surface area contributed by atoms with Crippen LogP contribution in [0, 0.1) is 0 Å². The van der Waals surface area contributed by atoms with Gasteiger partial charge < -0.3 is 10.6 Å². The number of nitrogens with zero attached hydrogens (tertiary/aromatic N) is 4. The molecule has 20 heavy (non-hydrogen) atoms. The molecule has 6 nitrogen and oxygen atoms in total. The largest absolute Gasteiger partial charge is 0.336 e. The van der Waals surface area contributed by atoms with Gasteiger partial charge in [-0.3, -0.25) is 4.79 Å². The highest BCUT2D eigenvalue weighted by Gasteiger charge is 2.29. The third-order valence-electron chi connectivity index (χ3n) is 4.15. The van der Waals surface area contributed by atoms with Gasteiger partial charge >= 0.3 is 0 Å². The summed E-state index contributed by atoms with van der Waals surface area (Å²) in [6, 6.07) is 0.519. The van der Waals surface area contributed by atoms with E-state index < -0.39 is 0 Å². The number of hydrogen-bond acceptors (Lipinski definition) is 4. The Kier molecular flexibility index (Phi) is 4.75. The van der Waals surface area contributed by atoms with Crippen LogP contribution in [0.15, 0.2) is 6.20 Å². The number of amides is 1. The first-order chi connectivity index (χ1) is 9.52. The average molecular weight is 279 g/mol. The van der Waals surface area contributed by atoms with E-state index in [-0.39, 0.29) is 18.5 Å². The smallest absolute Gasteiger partial charge is 0.244 e. The van der Waals surface area contributed by atoms with Crippen LogP contribution in [0.3, 0.4) is 0 Å². The van der Waals surface area contributed by atoms with Crippen molar-refractivity contribution in [3.63, 3.8) is 0 Å². The van der Waals surface area contributed by atoms with E-state index in [1.165, 1.54) is 6.42 Å². The molecule has 1 aliphatic rings. The van der Waals surface area contributed by atoms with E-state index >= 15 is 0 Å². The van der Waals surface area contributed by atoms with Crippen molar-refractivity contribution in [3.8, 4) is 0 Å². The number of carbonyl (C=O) groups excluding carboxylic acids is 1. The fraction of sp³-hybridized carbons (Fsp3) is 0.786. The zero-order valence-corrected chi connectivity index (χ0v) is 12.6. The zero-order chi connectivity index (χ0) is 14.7. The molecule has 1 aromatic heterocycles. The number of piperidine rings is 1. The zero-order valence-electron chi connectivity index (χ0n) is 12.6. The quantitative estimate of drug-likeness (QED) is 0.905. The Morgan fingerprint density at radius 2 is 2.10 bits per heavy atom. The molecule has 1 fully saturated rings.